The third kappa shape index (κ3) is 5.12. The Hall–Kier alpha value is -0.195. The Kier molecular flexibility index (Phi) is 6.40. The van der Waals surface area contributed by atoms with Gasteiger partial charge in [0.15, 0.2) is 0 Å². The normalized spacial score (nSPS) is 12.5. The van der Waals surface area contributed by atoms with Crippen molar-refractivity contribution in [3.8, 4) is 0 Å². The summed E-state index contributed by atoms with van der Waals surface area (Å²) in [4.78, 5) is 10.4. The predicted octanol–water partition coefficient (Wildman–Crippen LogP) is -1.07. The van der Waals surface area contributed by atoms with Crippen LogP contribution in [0.15, 0.2) is 0 Å². The summed E-state index contributed by atoms with van der Waals surface area (Å²) < 4.78 is 0. The molecule has 1 unspecified atom stereocenters. The molecular weight excluding hydrogens is 163 g/mol. The van der Waals surface area contributed by atoms with Crippen LogP contribution in [0.5, 0.6) is 0 Å². The molecule has 0 aromatic heterocycles. The maximum absolute atomic E-state index is 10.4. The summed E-state index contributed by atoms with van der Waals surface area (Å²) in [7, 11) is 1.61. The second-order valence-electron chi connectivity index (χ2n) is 1.90. The Morgan fingerprint density at radius 2 is 2.55 bits per heavy atom. The molecule has 1 radical (unpaired) electrons. The highest BCUT2D eigenvalue weighted by atomic mass is 32.2. The maximum Gasteiger partial charge on any atom is 0.313 e. The number of nitrogens with two attached hydrogens (primary N) is 1. The van der Waals surface area contributed by atoms with Gasteiger partial charge in [-0.25, -0.2) is 11.6 Å². The van der Waals surface area contributed by atoms with Crippen LogP contribution < -0.4 is 11.1 Å². The number of hydrogen-bond acceptors (Lipinski definition) is 4. The summed E-state index contributed by atoms with van der Waals surface area (Å²) in [5.74, 6) is -0.686. The van der Waals surface area contributed by atoms with E-state index in [4.69, 9.17) is 10.8 Å². The summed E-state index contributed by atoms with van der Waals surface area (Å²) in [6, 6.07) is 0. The van der Waals surface area contributed by atoms with Gasteiger partial charge in [0, 0.05) is 6.54 Å². The van der Waals surface area contributed by atoms with Gasteiger partial charge >= 0.3 is 5.97 Å². The van der Waals surface area contributed by atoms with Gasteiger partial charge in [0.25, 0.3) is 0 Å². The summed E-state index contributed by atoms with van der Waals surface area (Å²) >= 11 is 1.42. The van der Waals surface area contributed by atoms with Crippen LogP contribution in [-0.4, -0.2) is 42.9 Å². The summed E-state index contributed by atoms with van der Waals surface area (Å²) in [6.45, 7) is 2.20. The molecule has 0 amide bonds. The van der Waals surface area contributed by atoms with Crippen LogP contribution in [0.25, 0.3) is 0 Å². The molecule has 1 atom stereocenters. The molecule has 4 N–H and O–H groups in total. The zero-order valence-electron chi connectivity index (χ0n) is 6.41. The lowest BCUT2D eigenvalue weighted by atomic mass is 9.95. The van der Waals surface area contributed by atoms with E-state index in [1.165, 1.54) is 11.6 Å². The number of carboxylic acid groups (broad SMARTS) is 1. The van der Waals surface area contributed by atoms with Gasteiger partial charge in [0.2, 0.25) is 6.56 Å². The van der Waals surface area contributed by atoms with Gasteiger partial charge in [-0.05, 0) is 12.8 Å². The molecule has 4 nitrogen and oxygen atoms in total. The number of aliphatic carboxylic acids is 1. The monoisotopic (exact) mass is 175 g/mol. The van der Waals surface area contributed by atoms with Crippen LogP contribution in [0, 0.1) is 0 Å². The van der Waals surface area contributed by atoms with Crippen molar-refractivity contribution in [2.75, 3.05) is 19.3 Å². The molecule has 0 aliphatic rings. The molecule has 0 aromatic rings. The third-order valence-corrected chi connectivity index (χ3v) is 1.98. The molecule has 0 saturated carbocycles. The van der Waals surface area contributed by atoms with E-state index in [1.54, 1.807) is 13.6 Å². The fourth-order valence-corrected chi connectivity index (χ4v) is 1.20. The molecule has 0 spiro atoms. The number of likely N-dealkylation sites (N-methyl/N-ethyl adjacent to an activating group) is 1. The first-order chi connectivity index (χ1) is 5.22. The number of nitrogens with one attached hydrogen (secondary N) is 1. The Morgan fingerprint density at radius 3 is 2.91 bits per heavy atom. The van der Waals surface area contributed by atoms with Crippen molar-refractivity contribution in [1.29, 1.82) is 0 Å². The number of carbonyl (C=O) groups is 1. The largest absolute Gasteiger partial charge is 0.481 e. The van der Waals surface area contributed by atoms with Crippen molar-refractivity contribution in [3.05, 3.63) is 0 Å². The van der Waals surface area contributed by atoms with Gasteiger partial charge in [0.05, 0.1) is 5.94 Å². The lowest BCUT2D eigenvalue weighted by Gasteiger charge is -2.07. The molecule has 6 heteroatoms. The third-order valence-electron chi connectivity index (χ3n) is 1.05. The van der Waals surface area contributed by atoms with E-state index in [1.807, 2.05) is 0 Å². The average molecular weight is 175 g/mol. The summed E-state index contributed by atoms with van der Waals surface area (Å²) in [5, 5.41) is 11.2. The predicted molar refractivity (Wildman–Crippen MR) is 47.7 cm³/mol. The Labute approximate surface area is 71.1 Å². The van der Waals surface area contributed by atoms with Crippen LogP contribution >= 0.6 is 11.6 Å². The van der Waals surface area contributed by atoms with E-state index in [0.717, 1.165) is 5.75 Å². The van der Waals surface area contributed by atoms with E-state index < -0.39 is 11.9 Å². The van der Waals surface area contributed by atoms with Gasteiger partial charge < -0.3 is 16.2 Å². The minimum Gasteiger partial charge on any atom is -0.481 e. The average Bonchev–Trinajstić information content (AvgIpc) is 1.97. The highest BCUT2D eigenvalue weighted by molar-refractivity contribution is 8.22. The minimum atomic E-state index is -0.864. The van der Waals surface area contributed by atoms with Crippen LogP contribution in [0.3, 0.4) is 0 Å². The first kappa shape index (κ1) is 10.8. The van der Waals surface area contributed by atoms with Gasteiger partial charge in [-0.1, -0.05) is 0 Å². The van der Waals surface area contributed by atoms with Crippen molar-refractivity contribution < 1.29 is 9.90 Å². The first-order valence-electron chi connectivity index (χ1n) is 3.27. The SMILES string of the molecule is CNC([B]SCCN)C(=O)O. The fourth-order valence-electron chi connectivity index (χ4n) is 0.482. The topological polar surface area (TPSA) is 75.3 Å². The Bertz CT molecular complexity index is 125. The molecule has 0 saturated heterocycles. The zero-order chi connectivity index (χ0) is 8.69. The number of carboxylic acids is 1. The molecule has 63 valence electrons. The zero-order valence-corrected chi connectivity index (χ0v) is 7.23. The highest BCUT2D eigenvalue weighted by Gasteiger charge is 2.15. The van der Waals surface area contributed by atoms with Crippen molar-refractivity contribution in [3.63, 3.8) is 0 Å². The molecule has 11 heavy (non-hydrogen) atoms. The van der Waals surface area contributed by atoms with Crippen LogP contribution in [0.4, 0.5) is 0 Å². The van der Waals surface area contributed by atoms with E-state index in [9.17, 15) is 4.79 Å². The highest BCUT2D eigenvalue weighted by Crippen LogP contribution is 1.97. The van der Waals surface area contributed by atoms with Crippen LogP contribution in [0.1, 0.15) is 0 Å². The van der Waals surface area contributed by atoms with Gasteiger partial charge in [0.1, 0.15) is 0 Å². The second kappa shape index (κ2) is 6.51. The molecule has 0 rings (SSSR count). The fraction of sp³-hybridized carbons (Fsp3) is 0.800. The standard InChI is InChI=1S/C5H12BN2O2S/c1-8-4(5(9)10)6-11-3-2-7/h4,8H,2-3,7H2,1H3,(H,9,10). The lowest BCUT2D eigenvalue weighted by molar-refractivity contribution is -0.137. The molecule has 0 aliphatic heterocycles. The molecule has 0 aliphatic carbocycles. The van der Waals surface area contributed by atoms with E-state index >= 15 is 0 Å². The van der Waals surface area contributed by atoms with Gasteiger partial charge in [-0.15, -0.1) is 0 Å². The van der Waals surface area contributed by atoms with Crippen molar-refractivity contribution in [2.45, 2.75) is 5.94 Å². The quantitative estimate of drug-likeness (QED) is 0.354. The molecule has 0 aromatic carbocycles. The second-order valence-corrected chi connectivity index (χ2v) is 2.91. The summed E-state index contributed by atoms with van der Waals surface area (Å²) in [6.07, 6.45) is 0. The Balaban J connectivity index is 3.44. The van der Waals surface area contributed by atoms with Gasteiger partial charge in [-0.2, -0.15) is 0 Å². The maximum atomic E-state index is 10.4. The van der Waals surface area contributed by atoms with Crippen molar-refractivity contribution in [2.24, 2.45) is 5.73 Å². The van der Waals surface area contributed by atoms with E-state index in [-0.39, 0.29) is 0 Å². The van der Waals surface area contributed by atoms with Crippen molar-refractivity contribution >= 4 is 24.1 Å². The molecule has 0 heterocycles. The number of hydrogen-bond donors (Lipinski definition) is 3. The molecule has 0 bridgehead atoms. The smallest absolute Gasteiger partial charge is 0.313 e. The van der Waals surface area contributed by atoms with Crippen molar-refractivity contribution in [1.82, 2.24) is 5.32 Å². The Morgan fingerprint density at radius 1 is 1.91 bits per heavy atom. The number of rotatable bonds is 6. The van der Waals surface area contributed by atoms with Crippen LogP contribution in [-0.2, 0) is 4.79 Å². The van der Waals surface area contributed by atoms with Gasteiger partial charge in [-0.3, -0.25) is 4.79 Å². The van der Waals surface area contributed by atoms with Crippen LogP contribution in [0.2, 0.25) is 0 Å². The van der Waals surface area contributed by atoms with E-state index in [2.05, 4.69) is 5.32 Å². The van der Waals surface area contributed by atoms with E-state index in [0.29, 0.717) is 6.54 Å². The molecular formula is C5H12BN2O2S. The first-order valence-corrected chi connectivity index (χ1v) is 4.32. The molecule has 0 fully saturated rings. The lowest BCUT2D eigenvalue weighted by Crippen LogP contribution is -2.38. The minimum absolute atomic E-state index is 0.567. The summed E-state index contributed by atoms with van der Waals surface area (Å²) in [5.41, 5.74) is 5.22.